The van der Waals surface area contributed by atoms with Gasteiger partial charge in [0.25, 0.3) is 0 Å². The average Bonchev–Trinajstić information content (AvgIpc) is 3.18. The van der Waals surface area contributed by atoms with Gasteiger partial charge in [-0.3, -0.25) is 9.59 Å². The van der Waals surface area contributed by atoms with Gasteiger partial charge in [0.05, 0.1) is 0 Å². The van der Waals surface area contributed by atoms with Crippen LogP contribution >= 0.6 is 0 Å². The zero-order chi connectivity index (χ0) is 22.4. The molecular weight excluding hydrogens is 399 g/mol. The second-order valence-electron chi connectivity index (χ2n) is 7.58. The number of hydrogen-bond acceptors (Lipinski definition) is 5. The van der Waals surface area contributed by atoms with Crippen molar-refractivity contribution < 1.29 is 14.0 Å². The quantitative estimate of drug-likeness (QED) is 0.579. The highest BCUT2D eigenvalue weighted by Crippen LogP contribution is 2.17. The molecule has 0 aliphatic heterocycles. The van der Waals surface area contributed by atoms with Gasteiger partial charge in [-0.15, -0.1) is 5.10 Å². The van der Waals surface area contributed by atoms with Crippen LogP contribution in [0.15, 0.2) is 48.5 Å². The normalized spacial score (nSPS) is 11.9. The van der Waals surface area contributed by atoms with Gasteiger partial charge in [0.2, 0.25) is 11.8 Å². The molecule has 3 aromatic rings. The highest BCUT2D eigenvalue weighted by Gasteiger charge is 2.24. The Morgan fingerprint density at radius 1 is 1.00 bits per heavy atom. The van der Waals surface area contributed by atoms with E-state index in [9.17, 15) is 14.0 Å². The molecule has 0 bridgehead atoms. The molecule has 0 saturated carbocycles. The van der Waals surface area contributed by atoms with Crippen molar-refractivity contribution in [2.75, 3.05) is 5.32 Å². The molecule has 0 aliphatic rings. The number of anilines is 1. The van der Waals surface area contributed by atoms with Crippen LogP contribution in [0.3, 0.4) is 0 Å². The van der Waals surface area contributed by atoms with Crippen molar-refractivity contribution in [3.05, 3.63) is 71.3 Å². The SMILES string of the molecule is Cc1nnnn1C(Cc1ccc(F)cc1)C(=O)NCc1ccc(NC(=O)C(C)C)cc1. The summed E-state index contributed by atoms with van der Waals surface area (Å²) in [5.74, 6) is -0.242. The molecule has 0 saturated heterocycles. The van der Waals surface area contributed by atoms with Gasteiger partial charge in [-0.1, -0.05) is 38.1 Å². The Kier molecular flexibility index (Phi) is 7.07. The van der Waals surface area contributed by atoms with E-state index in [1.54, 1.807) is 31.2 Å². The second-order valence-corrected chi connectivity index (χ2v) is 7.58. The van der Waals surface area contributed by atoms with Crippen molar-refractivity contribution in [2.45, 2.75) is 39.8 Å². The first kappa shape index (κ1) is 22.1. The largest absolute Gasteiger partial charge is 0.350 e. The number of rotatable bonds is 8. The topological polar surface area (TPSA) is 102 Å². The summed E-state index contributed by atoms with van der Waals surface area (Å²) in [6.45, 7) is 5.68. The summed E-state index contributed by atoms with van der Waals surface area (Å²) < 4.78 is 14.7. The first-order valence-corrected chi connectivity index (χ1v) is 10.00. The molecule has 2 aromatic carbocycles. The van der Waals surface area contributed by atoms with E-state index < -0.39 is 6.04 Å². The van der Waals surface area contributed by atoms with Crippen molar-refractivity contribution in [3.63, 3.8) is 0 Å². The third kappa shape index (κ3) is 5.94. The smallest absolute Gasteiger partial charge is 0.245 e. The minimum Gasteiger partial charge on any atom is -0.350 e. The summed E-state index contributed by atoms with van der Waals surface area (Å²) in [6.07, 6.45) is 0.318. The molecule has 1 aromatic heterocycles. The maximum absolute atomic E-state index is 13.2. The molecule has 2 N–H and O–H groups in total. The number of nitrogens with one attached hydrogen (secondary N) is 2. The lowest BCUT2D eigenvalue weighted by molar-refractivity contribution is -0.125. The van der Waals surface area contributed by atoms with Crippen LogP contribution in [-0.4, -0.2) is 32.0 Å². The standard InChI is InChI=1S/C22H25FN6O2/c1-14(2)21(30)25-19-10-6-17(7-11-19)13-24-22(31)20(29-15(3)26-27-28-29)12-16-4-8-18(23)9-5-16/h4-11,14,20H,12-13H2,1-3H3,(H,24,31)(H,25,30). The molecule has 31 heavy (non-hydrogen) atoms. The van der Waals surface area contributed by atoms with Crippen molar-refractivity contribution in [3.8, 4) is 0 Å². The molecule has 9 heteroatoms. The summed E-state index contributed by atoms with van der Waals surface area (Å²) in [7, 11) is 0. The second kappa shape index (κ2) is 9.92. The van der Waals surface area contributed by atoms with E-state index in [0.717, 1.165) is 11.1 Å². The molecule has 1 unspecified atom stereocenters. The lowest BCUT2D eigenvalue weighted by atomic mass is 10.0. The fourth-order valence-corrected chi connectivity index (χ4v) is 2.96. The van der Waals surface area contributed by atoms with Gasteiger partial charge in [-0.2, -0.15) is 0 Å². The molecule has 0 aliphatic carbocycles. The maximum Gasteiger partial charge on any atom is 0.245 e. The third-order valence-corrected chi connectivity index (χ3v) is 4.81. The Balaban J connectivity index is 1.67. The van der Waals surface area contributed by atoms with E-state index in [1.807, 2.05) is 26.0 Å². The van der Waals surface area contributed by atoms with Gasteiger partial charge in [-0.25, -0.2) is 9.07 Å². The molecule has 8 nitrogen and oxygen atoms in total. The summed E-state index contributed by atoms with van der Waals surface area (Å²) in [4.78, 5) is 24.8. The molecule has 0 spiro atoms. The molecule has 1 atom stereocenters. The van der Waals surface area contributed by atoms with Crippen molar-refractivity contribution in [2.24, 2.45) is 5.92 Å². The lowest BCUT2D eigenvalue weighted by Crippen LogP contribution is -2.34. The van der Waals surface area contributed by atoms with Crippen molar-refractivity contribution in [1.29, 1.82) is 0 Å². The molecule has 0 radical (unpaired) electrons. The molecular formula is C22H25FN6O2. The number of aromatic nitrogens is 4. The number of benzene rings is 2. The fourth-order valence-electron chi connectivity index (χ4n) is 2.96. The number of nitrogens with zero attached hydrogens (tertiary/aromatic N) is 4. The van der Waals surface area contributed by atoms with Crippen LogP contribution in [0.5, 0.6) is 0 Å². The minimum absolute atomic E-state index is 0.0542. The summed E-state index contributed by atoms with van der Waals surface area (Å²) >= 11 is 0. The van der Waals surface area contributed by atoms with E-state index in [0.29, 0.717) is 24.5 Å². The molecule has 162 valence electrons. The Bertz CT molecular complexity index is 1030. The monoisotopic (exact) mass is 424 g/mol. The predicted molar refractivity (Wildman–Crippen MR) is 113 cm³/mol. The number of amides is 2. The van der Waals surface area contributed by atoms with Crippen LogP contribution < -0.4 is 10.6 Å². The van der Waals surface area contributed by atoms with Crippen LogP contribution in [0.4, 0.5) is 10.1 Å². The molecule has 0 fully saturated rings. The predicted octanol–water partition coefficient (Wildman–Crippen LogP) is 2.82. The molecule has 2 amide bonds. The van der Waals surface area contributed by atoms with E-state index in [2.05, 4.69) is 26.2 Å². The minimum atomic E-state index is -0.676. The number of aryl methyl sites for hydroxylation is 1. The summed E-state index contributed by atoms with van der Waals surface area (Å²) in [5, 5.41) is 17.2. The lowest BCUT2D eigenvalue weighted by Gasteiger charge is -2.18. The van der Waals surface area contributed by atoms with Crippen LogP contribution in [0.25, 0.3) is 0 Å². The van der Waals surface area contributed by atoms with Crippen LogP contribution in [0.2, 0.25) is 0 Å². The van der Waals surface area contributed by atoms with E-state index in [-0.39, 0.29) is 23.5 Å². The van der Waals surface area contributed by atoms with Crippen LogP contribution in [0, 0.1) is 18.7 Å². The fraction of sp³-hybridized carbons (Fsp3) is 0.318. The van der Waals surface area contributed by atoms with Gasteiger partial charge in [0.1, 0.15) is 17.7 Å². The Hall–Kier alpha value is -3.62. The van der Waals surface area contributed by atoms with Gasteiger partial charge >= 0.3 is 0 Å². The van der Waals surface area contributed by atoms with Gasteiger partial charge in [0, 0.05) is 24.6 Å². The first-order chi connectivity index (χ1) is 14.8. The molecule has 1 heterocycles. The van der Waals surface area contributed by atoms with Gasteiger partial charge < -0.3 is 10.6 Å². The van der Waals surface area contributed by atoms with E-state index in [1.165, 1.54) is 16.8 Å². The number of halogens is 1. The van der Waals surface area contributed by atoms with Crippen molar-refractivity contribution >= 4 is 17.5 Å². The highest BCUT2D eigenvalue weighted by molar-refractivity contribution is 5.92. The molecule has 3 rings (SSSR count). The highest BCUT2D eigenvalue weighted by atomic mass is 19.1. The average molecular weight is 424 g/mol. The summed E-state index contributed by atoms with van der Waals surface area (Å²) in [6, 6.07) is 12.6. The maximum atomic E-state index is 13.2. The zero-order valence-corrected chi connectivity index (χ0v) is 17.7. The number of tetrazole rings is 1. The number of hydrogen-bond donors (Lipinski definition) is 2. The Labute approximate surface area is 179 Å². The Morgan fingerprint density at radius 3 is 2.23 bits per heavy atom. The number of carbonyl (C=O) groups is 2. The van der Waals surface area contributed by atoms with Gasteiger partial charge in [-0.05, 0) is 52.7 Å². The van der Waals surface area contributed by atoms with Crippen molar-refractivity contribution in [1.82, 2.24) is 25.5 Å². The van der Waals surface area contributed by atoms with Crippen LogP contribution in [0.1, 0.15) is 36.8 Å². The Morgan fingerprint density at radius 2 is 1.65 bits per heavy atom. The van der Waals surface area contributed by atoms with Gasteiger partial charge in [0.15, 0.2) is 0 Å². The van der Waals surface area contributed by atoms with E-state index in [4.69, 9.17) is 0 Å². The third-order valence-electron chi connectivity index (χ3n) is 4.81. The van der Waals surface area contributed by atoms with E-state index >= 15 is 0 Å². The first-order valence-electron chi connectivity index (χ1n) is 10.00. The zero-order valence-electron chi connectivity index (χ0n) is 17.7. The summed E-state index contributed by atoms with van der Waals surface area (Å²) in [5.41, 5.74) is 2.37. The van der Waals surface area contributed by atoms with Crippen LogP contribution in [-0.2, 0) is 22.6 Å². The number of carbonyl (C=O) groups excluding carboxylic acids is 2.